The van der Waals surface area contributed by atoms with E-state index in [4.69, 9.17) is 0 Å². The molecule has 162 valence electrons. The number of nitrogens with zero attached hydrogens (tertiary/aromatic N) is 3. The van der Waals surface area contributed by atoms with Gasteiger partial charge in [0.1, 0.15) is 11.6 Å². The van der Waals surface area contributed by atoms with Gasteiger partial charge in [-0.2, -0.15) is 0 Å². The monoisotopic (exact) mass is 445 g/mol. The Balaban J connectivity index is 1.64. The summed E-state index contributed by atoms with van der Waals surface area (Å²) in [6, 6.07) is 11.1. The summed E-state index contributed by atoms with van der Waals surface area (Å²) in [5.41, 5.74) is 0.0477. The minimum absolute atomic E-state index is 0.00241. The Bertz CT molecular complexity index is 1090. The van der Waals surface area contributed by atoms with Crippen molar-refractivity contribution in [3.63, 3.8) is 0 Å². The lowest BCUT2D eigenvalue weighted by molar-refractivity contribution is -0.113. The molecule has 0 unspecified atom stereocenters. The molecule has 0 saturated carbocycles. The zero-order valence-electron chi connectivity index (χ0n) is 16.9. The van der Waals surface area contributed by atoms with E-state index in [1.807, 2.05) is 6.92 Å². The fourth-order valence-corrected chi connectivity index (χ4v) is 3.70. The summed E-state index contributed by atoms with van der Waals surface area (Å²) in [4.78, 5) is 24.5. The average molecular weight is 445 g/mol. The van der Waals surface area contributed by atoms with E-state index >= 15 is 0 Å². The number of thioether (sulfide) groups is 1. The molecule has 2 aromatic carbocycles. The van der Waals surface area contributed by atoms with E-state index in [1.54, 1.807) is 23.6 Å². The Labute approximate surface area is 182 Å². The summed E-state index contributed by atoms with van der Waals surface area (Å²) in [5, 5.41) is 13.9. The Morgan fingerprint density at radius 2 is 1.74 bits per heavy atom. The van der Waals surface area contributed by atoms with Crippen LogP contribution in [0.25, 0.3) is 0 Å². The molecule has 31 heavy (non-hydrogen) atoms. The first-order valence-corrected chi connectivity index (χ1v) is 10.5. The molecule has 0 aliphatic heterocycles. The first-order chi connectivity index (χ1) is 14.9. The number of rotatable bonds is 8. The van der Waals surface area contributed by atoms with Crippen molar-refractivity contribution in [3.05, 3.63) is 71.6 Å². The van der Waals surface area contributed by atoms with E-state index in [0.717, 1.165) is 11.8 Å². The predicted molar refractivity (Wildman–Crippen MR) is 114 cm³/mol. The second kappa shape index (κ2) is 10.2. The summed E-state index contributed by atoms with van der Waals surface area (Å²) in [6.07, 6.45) is 0. The fourth-order valence-electron chi connectivity index (χ4n) is 2.89. The lowest BCUT2D eigenvalue weighted by atomic mass is 10.2. The highest BCUT2D eigenvalue weighted by molar-refractivity contribution is 7.99. The van der Waals surface area contributed by atoms with Gasteiger partial charge in [0.25, 0.3) is 5.91 Å². The molecule has 0 radical (unpaired) electrons. The highest BCUT2D eigenvalue weighted by Gasteiger charge is 2.21. The third-order valence-corrected chi connectivity index (χ3v) is 5.36. The number of halogens is 2. The van der Waals surface area contributed by atoms with Crippen molar-refractivity contribution >= 4 is 29.3 Å². The van der Waals surface area contributed by atoms with E-state index in [2.05, 4.69) is 20.8 Å². The molecular formula is C21H21F2N5O2S. The van der Waals surface area contributed by atoms with Gasteiger partial charge in [-0.25, -0.2) is 8.78 Å². The summed E-state index contributed by atoms with van der Waals surface area (Å²) >= 11 is 1.14. The fraction of sp³-hybridized carbons (Fsp3) is 0.238. The third-order valence-electron chi connectivity index (χ3n) is 4.40. The second-order valence-electron chi connectivity index (χ2n) is 6.58. The molecule has 0 bridgehead atoms. The zero-order valence-corrected chi connectivity index (χ0v) is 17.7. The number of carbonyl (C=O) groups excluding carboxylic acids is 2. The number of nitrogens with one attached hydrogen (secondary N) is 2. The van der Waals surface area contributed by atoms with Gasteiger partial charge in [-0.1, -0.05) is 36.0 Å². The normalized spacial score (nSPS) is 11.7. The van der Waals surface area contributed by atoms with Crippen molar-refractivity contribution in [2.75, 3.05) is 11.1 Å². The quantitative estimate of drug-likeness (QED) is 0.515. The standard InChI is InChI=1S/C21H21F2N5O2S/c1-3-28-19(13(2)24-20(30)14-8-4-5-9-15(14)22)26-27-21(28)31-12-18(29)25-17-11-7-6-10-16(17)23/h4-11,13H,3,12H2,1-2H3,(H,24,30)(H,25,29)/t13-/m1/s1. The molecule has 0 spiro atoms. The first-order valence-electron chi connectivity index (χ1n) is 9.56. The second-order valence-corrected chi connectivity index (χ2v) is 7.52. The van der Waals surface area contributed by atoms with E-state index < -0.39 is 23.6 Å². The van der Waals surface area contributed by atoms with Crippen LogP contribution in [0.2, 0.25) is 0 Å². The number of carbonyl (C=O) groups is 2. The van der Waals surface area contributed by atoms with Crippen LogP contribution in [0.15, 0.2) is 53.7 Å². The van der Waals surface area contributed by atoms with E-state index in [-0.39, 0.29) is 22.9 Å². The number of amides is 2. The molecule has 0 fully saturated rings. The Kier molecular flexibility index (Phi) is 7.35. The zero-order chi connectivity index (χ0) is 22.4. The van der Waals surface area contributed by atoms with Crippen LogP contribution in [-0.4, -0.2) is 32.3 Å². The highest BCUT2D eigenvalue weighted by atomic mass is 32.2. The molecule has 3 rings (SSSR count). The van der Waals surface area contributed by atoms with Gasteiger partial charge in [-0.3, -0.25) is 9.59 Å². The Hall–Kier alpha value is -3.27. The maximum absolute atomic E-state index is 13.8. The summed E-state index contributed by atoms with van der Waals surface area (Å²) < 4.78 is 29.3. The van der Waals surface area contributed by atoms with Gasteiger partial charge in [0.15, 0.2) is 11.0 Å². The highest BCUT2D eigenvalue weighted by Crippen LogP contribution is 2.22. The van der Waals surface area contributed by atoms with Crippen LogP contribution in [0.5, 0.6) is 0 Å². The van der Waals surface area contributed by atoms with Crippen LogP contribution in [0.4, 0.5) is 14.5 Å². The van der Waals surface area contributed by atoms with Crippen LogP contribution in [0.1, 0.15) is 36.1 Å². The molecule has 0 aliphatic rings. The Morgan fingerprint density at radius 3 is 2.42 bits per heavy atom. The largest absolute Gasteiger partial charge is 0.342 e. The lowest BCUT2D eigenvalue weighted by Crippen LogP contribution is -2.29. The van der Waals surface area contributed by atoms with Gasteiger partial charge in [0, 0.05) is 6.54 Å². The number of benzene rings is 2. The maximum atomic E-state index is 13.8. The van der Waals surface area contributed by atoms with Gasteiger partial charge in [-0.15, -0.1) is 10.2 Å². The summed E-state index contributed by atoms with van der Waals surface area (Å²) in [7, 11) is 0. The van der Waals surface area contributed by atoms with Crippen LogP contribution in [0, 0.1) is 11.6 Å². The van der Waals surface area contributed by atoms with Gasteiger partial charge in [0.05, 0.1) is 23.0 Å². The summed E-state index contributed by atoms with van der Waals surface area (Å²) in [5.74, 6) is -1.59. The van der Waals surface area contributed by atoms with Gasteiger partial charge in [0.2, 0.25) is 5.91 Å². The van der Waals surface area contributed by atoms with Gasteiger partial charge in [-0.05, 0) is 38.1 Å². The summed E-state index contributed by atoms with van der Waals surface area (Å²) in [6.45, 7) is 4.09. The van der Waals surface area contributed by atoms with Crippen LogP contribution in [-0.2, 0) is 11.3 Å². The van der Waals surface area contributed by atoms with E-state index in [9.17, 15) is 18.4 Å². The average Bonchev–Trinajstić information content (AvgIpc) is 3.17. The van der Waals surface area contributed by atoms with Crippen molar-refractivity contribution < 1.29 is 18.4 Å². The molecule has 3 aromatic rings. The number of hydrogen-bond acceptors (Lipinski definition) is 5. The smallest absolute Gasteiger partial charge is 0.254 e. The van der Waals surface area contributed by atoms with Crippen molar-refractivity contribution in [2.24, 2.45) is 0 Å². The van der Waals surface area contributed by atoms with E-state index in [0.29, 0.717) is 17.5 Å². The third kappa shape index (κ3) is 5.46. The number of aromatic nitrogens is 3. The van der Waals surface area contributed by atoms with E-state index in [1.165, 1.54) is 36.4 Å². The van der Waals surface area contributed by atoms with Crippen molar-refractivity contribution in [1.29, 1.82) is 0 Å². The number of hydrogen-bond donors (Lipinski definition) is 2. The molecule has 10 heteroatoms. The molecule has 1 aromatic heterocycles. The van der Waals surface area contributed by atoms with Gasteiger partial charge < -0.3 is 15.2 Å². The SMILES string of the molecule is CCn1c(SCC(=O)Nc2ccccc2F)nnc1[C@@H](C)NC(=O)c1ccccc1F. The molecule has 1 heterocycles. The Morgan fingerprint density at radius 1 is 1.06 bits per heavy atom. The number of para-hydroxylation sites is 1. The number of anilines is 1. The molecule has 2 N–H and O–H groups in total. The van der Waals surface area contributed by atoms with Crippen molar-refractivity contribution in [2.45, 2.75) is 31.6 Å². The van der Waals surface area contributed by atoms with Crippen LogP contribution >= 0.6 is 11.8 Å². The minimum Gasteiger partial charge on any atom is -0.342 e. The minimum atomic E-state index is -0.610. The molecular weight excluding hydrogens is 424 g/mol. The van der Waals surface area contributed by atoms with Crippen molar-refractivity contribution in [3.8, 4) is 0 Å². The topological polar surface area (TPSA) is 88.9 Å². The van der Waals surface area contributed by atoms with Gasteiger partial charge >= 0.3 is 0 Å². The predicted octanol–water partition coefficient (Wildman–Crippen LogP) is 3.80. The molecule has 7 nitrogen and oxygen atoms in total. The van der Waals surface area contributed by atoms with Crippen LogP contribution < -0.4 is 10.6 Å². The molecule has 1 atom stereocenters. The molecule has 2 amide bonds. The lowest BCUT2D eigenvalue weighted by Gasteiger charge is -2.15. The first kappa shape index (κ1) is 22.4. The molecule has 0 aliphatic carbocycles. The van der Waals surface area contributed by atoms with Crippen LogP contribution in [0.3, 0.4) is 0 Å². The maximum Gasteiger partial charge on any atom is 0.254 e. The molecule has 0 saturated heterocycles. The van der Waals surface area contributed by atoms with Crippen molar-refractivity contribution in [1.82, 2.24) is 20.1 Å².